The van der Waals surface area contributed by atoms with Gasteiger partial charge in [0.1, 0.15) is 5.82 Å². The highest BCUT2D eigenvalue weighted by Gasteiger charge is 2.09. The van der Waals surface area contributed by atoms with Crippen LogP contribution in [0.5, 0.6) is 0 Å². The Kier molecular flexibility index (Phi) is 4.11. The van der Waals surface area contributed by atoms with Crippen LogP contribution in [0.25, 0.3) is 0 Å². The molecule has 0 radical (unpaired) electrons. The average molecular weight is 282 g/mol. The molecule has 0 aliphatic carbocycles. The fourth-order valence-corrected chi connectivity index (χ4v) is 1.71. The van der Waals surface area contributed by atoms with E-state index in [1.54, 1.807) is 19.1 Å². The number of rotatable bonds is 4. The maximum atomic E-state index is 13.7. The molecule has 1 aromatic carbocycles. The lowest BCUT2D eigenvalue weighted by Crippen LogP contribution is -2.07. The van der Waals surface area contributed by atoms with Crippen molar-refractivity contribution >= 4 is 29.2 Å². The highest BCUT2D eigenvalue weighted by atomic mass is 35.5. The molecule has 0 spiro atoms. The molecule has 2 aromatic rings. The maximum absolute atomic E-state index is 13.7. The smallest absolute Gasteiger partial charge is 0.233 e. The first-order valence-electron chi connectivity index (χ1n) is 5.77. The van der Waals surface area contributed by atoms with E-state index in [9.17, 15) is 4.39 Å². The second kappa shape index (κ2) is 5.79. The fourth-order valence-electron chi connectivity index (χ4n) is 1.55. The lowest BCUT2D eigenvalue weighted by Gasteiger charge is -2.10. The first-order valence-corrected chi connectivity index (χ1v) is 6.15. The Bertz CT molecular complexity index is 570. The van der Waals surface area contributed by atoms with Crippen LogP contribution < -0.4 is 10.6 Å². The molecule has 0 saturated heterocycles. The van der Waals surface area contributed by atoms with Crippen molar-refractivity contribution in [1.29, 1.82) is 0 Å². The van der Waals surface area contributed by atoms with Crippen molar-refractivity contribution in [3.8, 4) is 0 Å². The third-order valence-electron chi connectivity index (χ3n) is 2.40. The summed E-state index contributed by atoms with van der Waals surface area (Å²) in [5.74, 6) is 0.171. The van der Waals surface area contributed by atoms with Gasteiger partial charge in [0.15, 0.2) is 0 Å². The van der Waals surface area contributed by atoms with Gasteiger partial charge in [-0.15, -0.1) is 0 Å². The van der Waals surface area contributed by atoms with Crippen LogP contribution in [0.15, 0.2) is 18.2 Å². The van der Waals surface area contributed by atoms with E-state index in [0.717, 1.165) is 5.56 Å². The van der Waals surface area contributed by atoms with Crippen LogP contribution in [-0.4, -0.2) is 21.5 Å². The molecule has 0 unspecified atom stereocenters. The molecule has 5 nitrogen and oxygen atoms in total. The number of para-hydroxylation sites is 1. The summed E-state index contributed by atoms with van der Waals surface area (Å²) in [4.78, 5) is 11.9. The maximum Gasteiger partial charge on any atom is 0.233 e. The Balaban J connectivity index is 2.33. The van der Waals surface area contributed by atoms with Crippen LogP contribution in [-0.2, 0) is 0 Å². The van der Waals surface area contributed by atoms with Crippen LogP contribution in [0.3, 0.4) is 0 Å². The SMILES string of the molecule is CCNc1nc(Cl)nc(Nc2c(C)cccc2F)n1. The summed E-state index contributed by atoms with van der Waals surface area (Å²) >= 11 is 5.80. The first-order chi connectivity index (χ1) is 9.10. The van der Waals surface area contributed by atoms with Crippen molar-refractivity contribution in [3.05, 3.63) is 34.9 Å². The number of aryl methyl sites for hydroxylation is 1. The molecular weight excluding hydrogens is 269 g/mol. The van der Waals surface area contributed by atoms with Gasteiger partial charge in [-0.2, -0.15) is 15.0 Å². The van der Waals surface area contributed by atoms with Crippen molar-refractivity contribution in [2.75, 3.05) is 17.2 Å². The predicted molar refractivity (Wildman–Crippen MR) is 73.4 cm³/mol. The highest BCUT2D eigenvalue weighted by Crippen LogP contribution is 2.22. The van der Waals surface area contributed by atoms with Gasteiger partial charge >= 0.3 is 0 Å². The molecule has 1 heterocycles. The standard InChI is InChI=1S/C12H13ClFN5/c1-3-15-11-17-10(13)18-12(19-11)16-9-7(2)5-4-6-8(9)14/h4-6H,3H2,1-2H3,(H2,15,16,17,18,19). The molecule has 2 rings (SSSR count). The highest BCUT2D eigenvalue weighted by molar-refractivity contribution is 6.28. The number of anilines is 3. The van der Waals surface area contributed by atoms with E-state index in [4.69, 9.17) is 11.6 Å². The second-order valence-electron chi connectivity index (χ2n) is 3.84. The Labute approximate surface area is 115 Å². The minimum Gasteiger partial charge on any atom is -0.354 e. The summed E-state index contributed by atoms with van der Waals surface area (Å²) in [6.07, 6.45) is 0. The Morgan fingerprint density at radius 2 is 1.95 bits per heavy atom. The monoisotopic (exact) mass is 281 g/mol. The molecule has 0 amide bonds. The summed E-state index contributed by atoms with van der Waals surface area (Å²) in [6, 6.07) is 4.79. The average Bonchev–Trinajstić information content (AvgIpc) is 2.34. The zero-order valence-corrected chi connectivity index (χ0v) is 11.3. The second-order valence-corrected chi connectivity index (χ2v) is 4.18. The van der Waals surface area contributed by atoms with Gasteiger partial charge in [0.2, 0.25) is 17.2 Å². The molecule has 0 fully saturated rings. The lowest BCUT2D eigenvalue weighted by atomic mass is 10.2. The van der Waals surface area contributed by atoms with Crippen LogP contribution in [0.2, 0.25) is 5.28 Å². The minimum atomic E-state index is -0.374. The number of benzene rings is 1. The van der Waals surface area contributed by atoms with E-state index in [0.29, 0.717) is 18.2 Å². The van der Waals surface area contributed by atoms with Gasteiger partial charge in [-0.1, -0.05) is 12.1 Å². The van der Waals surface area contributed by atoms with Crippen molar-refractivity contribution in [2.45, 2.75) is 13.8 Å². The molecule has 0 aliphatic heterocycles. The van der Waals surface area contributed by atoms with Gasteiger partial charge in [-0.3, -0.25) is 0 Å². The summed E-state index contributed by atoms with van der Waals surface area (Å²) < 4.78 is 13.7. The Hall–Kier alpha value is -1.95. The number of aromatic nitrogens is 3. The van der Waals surface area contributed by atoms with Crippen molar-refractivity contribution < 1.29 is 4.39 Å². The predicted octanol–water partition coefficient (Wildman–Crippen LogP) is 3.15. The molecule has 0 bridgehead atoms. The lowest BCUT2D eigenvalue weighted by molar-refractivity contribution is 0.630. The summed E-state index contributed by atoms with van der Waals surface area (Å²) in [6.45, 7) is 4.35. The van der Waals surface area contributed by atoms with E-state index >= 15 is 0 Å². The molecule has 0 aliphatic rings. The molecule has 2 N–H and O–H groups in total. The number of hydrogen-bond donors (Lipinski definition) is 2. The van der Waals surface area contributed by atoms with Crippen LogP contribution in [0.4, 0.5) is 22.0 Å². The Morgan fingerprint density at radius 1 is 1.21 bits per heavy atom. The van der Waals surface area contributed by atoms with E-state index in [2.05, 4.69) is 25.6 Å². The summed E-state index contributed by atoms with van der Waals surface area (Å²) in [5.41, 5.74) is 1.08. The van der Waals surface area contributed by atoms with E-state index in [1.165, 1.54) is 6.07 Å². The number of halogens is 2. The van der Waals surface area contributed by atoms with Crippen molar-refractivity contribution in [2.24, 2.45) is 0 Å². The topological polar surface area (TPSA) is 62.7 Å². The third kappa shape index (κ3) is 3.29. The van der Waals surface area contributed by atoms with Gasteiger partial charge < -0.3 is 10.6 Å². The minimum absolute atomic E-state index is 0.0439. The van der Waals surface area contributed by atoms with E-state index in [1.807, 2.05) is 6.92 Å². The van der Waals surface area contributed by atoms with Gasteiger partial charge in [0.25, 0.3) is 0 Å². The quantitative estimate of drug-likeness (QED) is 0.901. The molecule has 7 heteroatoms. The fraction of sp³-hybridized carbons (Fsp3) is 0.250. The van der Waals surface area contributed by atoms with Crippen LogP contribution in [0, 0.1) is 12.7 Å². The number of hydrogen-bond acceptors (Lipinski definition) is 5. The van der Waals surface area contributed by atoms with Crippen LogP contribution in [0.1, 0.15) is 12.5 Å². The van der Waals surface area contributed by atoms with Crippen molar-refractivity contribution in [1.82, 2.24) is 15.0 Å². The van der Waals surface area contributed by atoms with Gasteiger partial charge in [-0.25, -0.2) is 4.39 Å². The molecule has 1 aromatic heterocycles. The van der Waals surface area contributed by atoms with E-state index < -0.39 is 0 Å². The first kappa shape index (κ1) is 13.5. The normalized spacial score (nSPS) is 10.3. The Morgan fingerprint density at radius 3 is 2.63 bits per heavy atom. The molecule has 100 valence electrons. The van der Waals surface area contributed by atoms with Gasteiger partial charge in [-0.05, 0) is 37.1 Å². The van der Waals surface area contributed by atoms with Crippen LogP contribution >= 0.6 is 11.6 Å². The molecular formula is C12H13ClFN5. The molecule has 0 atom stereocenters. The third-order valence-corrected chi connectivity index (χ3v) is 2.57. The summed E-state index contributed by atoms with van der Waals surface area (Å²) in [5, 5.41) is 5.79. The number of nitrogens with one attached hydrogen (secondary N) is 2. The zero-order chi connectivity index (χ0) is 13.8. The van der Waals surface area contributed by atoms with Crippen molar-refractivity contribution in [3.63, 3.8) is 0 Å². The largest absolute Gasteiger partial charge is 0.354 e. The molecule has 19 heavy (non-hydrogen) atoms. The summed E-state index contributed by atoms with van der Waals surface area (Å²) in [7, 11) is 0. The van der Waals surface area contributed by atoms with Gasteiger partial charge in [0, 0.05) is 6.54 Å². The molecule has 0 saturated carbocycles. The number of nitrogens with zero attached hydrogens (tertiary/aromatic N) is 3. The van der Waals surface area contributed by atoms with Gasteiger partial charge in [0.05, 0.1) is 5.69 Å². The zero-order valence-electron chi connectivity index (χ0n) is 10.5. The van der Waals surface area contributed by atoms with E-state index in [-0.39, 0.29) is 17.0 Å².